The molecule has 1 saturated heterocycles. The Morgan fingerprint density at radius 2 is 1.60 bits per heavy atom. The van der Waals surface area contributed by atoms with Crippen LogP contribution in [0.15, 0.2) is 91.0 Å². The standard InChI is InChI=1S/C37H39N5O5/c1-37(2,3)47-36(44)38-27-19-20-42(33(43)21-27)28-15-16-29-31(22-28)41(4)40-34(29)30-17-18-32(45-23-25-11-7-5-8-12-25)39-35(30)46-24-26-13-9-6-10-14-26/h5-18,22,27H,19-21,23-24H2,1-4H3,(H,38,44). The number of ether oxygens (including phenoxy) is 3. The van der Waals surface area contributed by atoms with Gasteiger partial charge in [-0.25, -0.2) is 4.79 Å². The summed E-state index contributed by atoms with van der Waals surface area (Å²) in [6.07, 6.45) is 0.303. The molecule has 47 heavy (non-hydrogen) atoms. The number of nitrogens with one attached hydrogen (secondary N) is 1. The van der Waals surface area contributed by atoms with Crippen LogP contribution in [0, 0.1) is 0 Å². The Kier molecular flexibility index (Phi) is 9.10. The van der Waals surface area contributed by atoms with Crippen molar-refractivity contribution in [1.29, 1.82) is 0 Å². The predicted octanol–water partition coefficient (Wildman–Crippen LogP) is 6.81. The second-order valence-electron chi connectivity index (χ2n) is 12.6. The van der Waals surface area contributed by atoms with Gasteiger partial charge in [-0.15, -0.1) is 0 Å². The Morgan fingerprint density at radius 1 is 0.915 bits per heavy atom. The van der Waals surface area contributed by atoms with Crippen LogP contribution in [0.2, 0.25) is 0 Å². The minimum atomic E-state index is -0.602. The van der Waals surface area contributed by atoms with E-state index in [1.54, 1.807) is 9.58 Å². The Balaban J connectivity index is 1.24. The summed E-state index contributed by atoms with van der Waals surface area (Å²) >= 11 is 0. The summed E-state index contributed by atoms with van der Waals surface area (Å²) in [5, 5.41) is 8.60. The van der Waals surface area contributed by atoms with E-state index in [0.717, 1.165) is 33.3 Å². The van der Waals surface area contributed by atoms with Crippen LogP contribution in [0.25, 0.3) is 22.2 Å². The number of carbonyl (C=O) groups is 2. The second-order valence-corrected chi connectivity index (χ2v) is 12.6. The van der Waals surface area contributed by atoms with Crippen molar-refractivity contribution in [1.82, 2.24) is 20.1 Å². The quantitative estimate of drug-likeness (QED) is 0.190. The first-order valence-electron chi connectivity index (χ1n) is 15.7. The van der Waals surface area contributed by atoms with E-state index in [2.05, 4.69) is 5.32 Å². The van der Waals surface area contributed by atoms with Crippen LogP contribution in [-0.2, 0) is 29.8 Å². The molecule has 2 aromatic heterocycles. The lowest BCUT2D eigenvalue weighted by atomic mass is 10.0. The van der Waals surface area contributed by atoms with Gasteiger partial charge in [0.2, 0.25) is 17.7 Å². The molecule has 242 valence electrons. The number of amides is 2. The molecule has 0 aliphatic carbocycles. The molecule has 1 fully saturated rings. The number of piperidine rings is 1. The van der Waals surface area contributed by atoms with Crippen LogP contribution in [0.3, 0.4) is 0 Å². The minimum absolute atomic E-state index is 0.0639. The number of aryl methyl sites for hydroxylation is 1. The number of rotatable bonds is 9. The average Bonchev–Trinajstić information content (AvgIpc) is 3.38. The van der Waals surface area contributed by atoms with E-state index in [1.807, 2.05) is 119 Å². The third kappa shape index (κ3) is 7.71. The number of anilines is 1. The van der Waals surface area contributed by atoms with E-state index in [4.69, 9.17) is 24.3 Å². The van der Waals surface area contributed by atoms with Crippen molar-refractivity contribution in [2.24, 2.45) is 7.05 Å². The summed E-state index contributed by atoms with van der Waals surface area (Å²) in [5.74, 6) is 0.801. The normalized spacial score (nSPS) is 15.0. The van der Waals surface area contributed by atoms with E-state index in [-0.39, 0.29) is 18.4 Å². The zero-order valence-electron chi connectivity index (χ0n) is 27.1. The van der Waals surface area contributed by atoms with Crippen molar-refractivity contribution in [3.63, 3.8) is 0 Å². The molecular weight excluding hydrogens is 594 g/mol. The van der Waals surface area contributed by atoms with Crippen LogP contribution >= 0.6 is 0 Å². The lowest BCUT2D eigenvalue weighted by Crippen LogP contribution is -2.48. The molecule has 5 aromatic rings. The molecule has 0 bridgehead atoms. The maximum atomic E-state index is 13.2. The second kappa shape index (κ2) is 13.5. The van der Waals surface area contributed by atoms with Crippen LogP contribution in [-0.4, -0.2) is 45.0 Å². The minimum Gasteiger partial charge on any atom is -0.473 e. The summed E-state index contributed by atoms with van der Waals surface area (Å²) < 4.78 is 19.5. The molecule has 10 nitrogen and oxygen atoms in total. The molecule has 3 aromatic carbocycles. The third-order valence-electron chi connectivity index (χ3n) is 7.83. The van der Waals surface area contributed by atoms with Gasteiger partial charge in [-0.05, 0) is 62.6 Å². The number of hydrogen-bond acceptors (Lipinski definition) is 7. The van der Waals surface area contributed by atoms with Crippen LogP contribution in [0.1, 0.15) is 44.7 Å². The first-order chi connectivity index (χ1) is 22.6. The van der Waals surface area contributed by atoms with Crippen molar-refractivity contribution in [2.75, 3.05) is 11.4 Å². The largest absolute Gasteiger partial charge is 0.473 e. The van der Waals surface area contributed by atoms with Gasteiger partial charge in [0, 0.05) is 43.2 Å². The SMILES string of the molecule is Cn1nc(-c2ccc(OCc3ccccc3)nc2OCc2ccccc2)c2ccc(N3CCC(NC(=O)OC(C)(C)C)CC3=O)cc21. The highest BCUT2D eigenvalue weighted by molar-refractivity contribution is 6.00. The maximum absolute atomic E-state index is 13.2. The van der Waals surface area contributed by atoms with Crippen molar-refractivity contribution < 1.29 is 23.8 Å². The lowest BCUT2D eigenvalue weighted by molar-refractivity contribution is -0.120. The summed E-state index contributed by atoms with van der Waals surface area (Å²) in [7, 11) is 1.88. The molecule has 1 atom stereocenters. The van der Waals surface area contributed by atoms with Crippen molar-refractivity contribution in [2.45, 2.75) is 58.5 Å². The molecule has 1 N–H and O–H groups in total. The van der Waals surface area contributed by atoms with Gasteiger partial charge in [-0.1, -0.05) is 60.7 Å². The first-order valence-corrected chi connectivity index (χ1v) is 15.7. The molecule has 1 unspecified atom stereocenters. The van der Waals surface area contributed by atoms with E-state index >= 15 is 0 Å². The fourth-order valence-electron chi connectivity index (χ4n) is 5.57. The zero-order chi connectivity index (χ0) is 33.0. The summed E-state index contributed by atoms with van der Waals surface area (Å²) in [4.78, 5) is 32.0. The third-order valence-corrected chi connectivity index (χ3v) is 7.83. The lowest BCUT2D eigenvalue weighted by Gasteiger charge is -2.32. The summed E-state index contributed by atoms with van der Waals surface area (Å²) in [5.41, 5.74) is 4.53. The fraction of sp³-hybridized carbons (Fsp3) is 0.297. The molecule has 1 aliphatic heterocycles. The van der Waals surface area contributed by atoms with Crippen LogP contribution in [0.5, 0.6) is 11.8 Å². The molecular formula is C37H39N5O5. The van der Waals surface area contributed by atoms with Gasteiger partial charge in [-0.2, -0.15) is 10.1 Å². The van der Waals surface area contributed by atoms with Gasteiger partial charge in [0.1, 0.15) is 24.5 Å². The molecule has 3 heterocycles. The van der Waals surface area contributed by atoms with Crippen LogP contribution in [0.4, 0.5) is 10.5 Å². The predicted molar refractivity (Wildman–Crippen MR) is 180 cm³/mol. The Morgan fingerprint density at radius 3 is 2.26 bits per heavy atom. The monoisotopic (exact) mass is 633 g/mol. The number of nitrogens with zero attached hydrogens (tertiary/aromatic N) is 4. The average molecular weight is 634 g/mol. The highest BCUT2D eigenvalue weighted by Crippen LogP contribution is 2.37. The van der Waals surface area contributed by atoms with Gasteiger partial charge in [0.25, 0.3) is 0 Å². The van der Waals surface area contributed by atoms with Crippen molar-refractivity contribution in [3.05, 3.63) is 102 Å². The Hall–Kier alpha value is -5.38. The highest BCUT2D eigenvalue weighted by Gasteiger charge is 2.30. The van der Waals surface area contributed by atoms with Gasteiger partial charge >= 0.3 is 6.09 Å². The number of pyridine rings is 1. The summed E-state index contributed by atoms with van der Waals surface area (Å²) in [6, 6.07) is 29.2. The highest BCUT2D eigenvalue weighted by atomic mass is 16.6. The van der Waals surface area contributed by atoms with Gasteiger partial charge < -0.3 is 24.4 Å². The fourth-order valence-corrected chi connectivity index (χ4v) is 5.57. The molecule has 0 saturated carbocycles. The van der Waals surface area contributed by atoms with Crippen molar-refractivity contribution in [3.8, 4) is 23.0 Å². The topological polar surface area (TPSA) is 108 Å². The Bertz CT molecular complexity index is 1870. The van der Waals surface area contributed by atoms with Gasteiger partial charge in [-0.3, -0.25) is 9.48 Å². The van der Waals surface area contributed by atoms with E-state index in [1.165, 1.54) is 0 Å². The molecule has 10 heteroatoms. The number of alkyl carbamates (subject to hydrolysis) is 1. The smallest absolute Gasteiger partial charge is 0.407 e. The molecule has 6 rings (SSSR count). The molecule has 1 aliphatic rings. The van der Waals surface area contributed by atoms with Crippen LogP contribution < -0.4 is 19.7 Å². The van der Waals surface area contributed by atoms with Crippen molar-refractivity contribution >= 4 is 28.6 Å². The number of benzene rings is 3. The molecule has 2 amide bonds. The Labute approximate surface area is 274 Å². The number of fused-ring (bicyclic) bond motifs is 1. The number of hydrogen-bond donors (Lipinski definition) is 1. The van der Waals surface area contributed by atoms with E-state index in [9.17, 15) is 9.59 Å². The summed E-state index contributed by atoms with van der Waals surface area (Å²) in [6.45, 7) is 6.62. The number of carbonyl (C=O) groups excluding carboxylic acids is 2. The zero-order valence-corrected chi connectivity index (χ0v) is 27.1. The maximum Gasteiger partial charge on any atom is 0.407 e. The number of aromatic nitrogens is 3. The van der Waals surface area contributed by atoms with Gasteiger partial charge in [0.05, 0.1) is 11.1 Å². The van der Waals surface area contributed by atoms with Gasteiger partial charge in [0.15, 0.2) is 0 Å². The van der Waals surface area contributed by atoms with E-state index < -0.39 is 11.7 Å². The van der Waals surface area contributed by atoms with E-state index in [0.29, 0.717) is 43.6 Å². The first kappa shape index (κ1) is 31.6. The molecule has 0 spiro atoms. The molecule has 0 radical (unpaired) electrons.